The average Bonchev–Trinajstić information content (AvgIpc) is 3.20. The SMILES string of the molecule is COc1ccccc1-c1noc(COC(=O)c2cc3ccccc3oc2=O)n1. The first-order chi connectivity index (χ1) is 13.7. The second-order valence-electron chi connectivity index (χ2n) is 5.77. The molecule has 0 bridgehead atoms. The second-order valence-corrected chi connectivity index (χ2v) is 5.77. The maximum atomic E-state index is 12.3. The van der Waals surface area contributed by atoms with Crippen molar-refractivity contribution in [2.75, 3.05) is 7.11 Å². The molecule has 0 aliphatic heterocycles. The maximum Gasteiger partial charge on any atom is 0.351 e. The van der Waals surface area contributed by atoms with E-state index in [-0.39, 0.29) is 18.1 Å². The predicted octanol–water partition coefficient (Wildman–Crippen LogP) is 3.21. The molecule has 8 heteroatoms. The summed E-state index contributed by atoms with van der Waals surface area (Å²) < 4.78 is 20.6. The molecule has 0 fully saturated rings. The van der Waals surface area contributed by atoms with Crippen molar-refractivity contribution in [3.63, 3.8) is 0 Å². The summed E-state index contributed by atoms with van der Waals surface area (Å²) in [5, 5.41) is 4.48. The zero-order valence-corrected chi connectivity index (χ0v) is 14.7. The van der Waals surface area contributed by atoms with Crippen molar-refractivity contribution in [2.45, 2.75) is 6.61 Å². The standard InChI is InChI=1S/C20H14N2O6/c1-25-16-9-5-3-7-13(16)18-21-17(28-22-18)11-26-19(23)14-10-12-6-2-4-8-15(12)27-20(14)24/h2-10H,11H2,1H3. The van der Waals surface area contributed by atoms with Crippen molar-refractivity contribution in [1.29, 1.82) is 0 Å². The van der Waals surface area contributed by atoms with Crippen LogP contribution < -0.4 is 10.4 Å². The van der Waals surface area contributed by atoms with E-state index in [0.29, 0.717) is 28.1 Å². The molecule has 0 spiro atoms. The van der Waals surface area contributed by atoms with Gasteiger partial charge >= 0.3 is 11.6 Å². The smallest absolute Gasteiger partial charge is 0.351 e. The average molecular weight is 378 g/mol. The number of nitrogens with zero attached hydrogens (tertiary/aromatic N) is 2. The molecular weight excluding hydrogens is 364 g/mol. The Morgan fingerprint density at radius 3 is 2.75 bits per heavy atom. The molecule has 0 radical (unpaired) electrons. The molecular formula is C20H14N2O6. The highest BCUT2D eigenvalue weighted by atomic mass is 16.6. The summed E-state index contributed by atoms with van der Waals surface area (Å²) in [5.41, 5.74) is 0.0519. The minimum Gasteiger partial charge on any atom is -0.496 e. The van der Waals surface area contributed by atoms with E-state index in [1.807, 2.05) is 12.1 Å². The lowest BCUT2D eigenvalue weighted by Crippen LogP contribution is -2.16. The van der Waals surface area contributed by atoms with Gasteiger partial charge in [-0.2, -0.15) is 4.98 Å². The molecule has 0 aliphatic rings. The van der Waals surface area contributed by atoms with Gasteiger partial charge < -0.3 is 18.4 Å². The van der Waals surface area contributed by atoms with Crippen LogP contribution >= 0.6 is 0 Å². The molecule has 2 aromatic carbocycles. The molecule has 8 nitrogen and oxygen atoms in total. The number of benzene rings is 2. The van der Waals surface area contributed by atoms with E-state index >= 15 is 0 Å². The number of hydrogen-bond donors (Lipinski definition) is 0. The number of para-hydroxylation sites is 2. The first-order valence-corrected chi connectivity index (χ1v) is 8.31. The highest BCUT2D eigenvalue weighted by molar-refractivity contribution is 5.92. The number of carbonyl (C=O) groups is 1. The molecule has 0 aliphatic carbocycles. The van der Waals surface area contributed by atoms with Crippen molar-refractivity contribution < 1.29 is 23.2 Å². The van der Waals surface area contributed by atoms with Gasteiger partial charge in [0, 0.05) is 5.39 Å². The maximum absolute atomic E-state index is 12.3. The van der Waals surface area contributed by atoms with E-state index in [2.05, 4.69) is 10.1 Å². The Labute approximate surface area is 158 Å². The molecule has 0 N–H and O–H groups in total. The highest BCUT2D eigenvalue weighted by Crippen LogP contribution is 2.27. The minimum atomic E-state index is -0.837. The van der Waals surface area contributed by atoms with Gasteiger partial charge in [0.15, 0.2) is 6.61 Å². The van der Waals surface area contributed by atoms with Crippen LogP contribution in [0.4, 0.5) is 0 Å². The highest BCUT2D eigenvalue weighted by Gasteiger charge is 2.18. The van der Waals surface area contributed by atoms with Crippen molar-refractivity contribution >= 4 is 16.9 Å². The normalized spacial score (nSPS) is 10.8. The third kappa shape index (κ3) is 3.35. The van der Waals surface area contributed by atoms with Crippen LogP contribution in [-0.4, -0.2) is 23.2 Å². The van der Waals surface area contributed by atoms with Gasteiger partial charge in [-0.05, 0) is 24.3 Å². The third-order valence-corrected chi connectivity index (χ3v) is 4.00. The van der Waals surface area contributed by atoms with Gasteiger partial charge in [0.25, 0.3) is 5.89 Å². The van der Waals surface area contributed by atoms with Crippen LogP contribution in [0.15, 0.2) is 68.3 Å². The summed E-state index contributed by atoms with van der Waals surface area (Å²) in [6, 6.07) is 15.5. The van der Waals surface area contributed by atoms with E-state index in [9.17, 15) is 9.59 Å². The summed E-state index contributed by atoms with van der Waals surface area (Å²) in [7, 11) is 1.54. The number of carbonyl (C=O) groups excluding carboxylic acids is 1. The fraction of sp³-hybridized carbons (Fsp3) is 0.100. The lowest BCUT2D eigenvalue weighted by atomic mass is 10.2. The molecule has 0 unspecified atom stereocenters. The number of fused-ring (bicyclic) bond motifs is 1. The molecule has 4 aromatic rings. The van der Waals surface area contributed by atoms with Crippen LogP contribution in [0.25, 0.3) is 22.4 Å². The molecule has 0 amide bonds. The van der Waals surface area contributed by atoms with E-state index in [1.165, 1.54) is 13.2 Å². The molecule has 0 saturated heterocycles. The van der Waals surface area contributed by atoms with Crippen LogP contribution in [0, 0.1) is 0 Å². The van der Waals surface area contributed by atoms with Crippen molar-refractivity contribution in [3.05, 3.63) is 76.5 Å². The summed E-state index contributed by atoms with van der Waals surface area (Å²) in [6.45, 7) is -0.284. The summed E-state index contributed by atoms with van der Waals surface area (Å²) >= 11 is 0. The number of hydrogen-bond acceptors (Lipinski definition) is 8. The van der Waals surface area contributed by atoms with Gasteiger partial charge in [-0.15, -0.1) is 0 Å². The Balaban J connectivity index is 1.51. The molecule has 140 valence electrons. The Hall–Kier alpha value is -3.94. The quantitative estimate of drug-likeness (QED) is 0.385. The topological polar surface area (TPSA) is 105 Å². The Morgan fingerprint density at radius 2 is 1.89 bits per heavy atom. The third-order valence-electron chi connectivity index (χ3n) is 4.00. The second kappa shape index (κ2) is 7.36. The van der Waals surface area contributed by atoms with Crippen LogP contribution in [0.2, 0.25) is 0 Å². The molecule has 0 saturated carbocycles. The summed E-state index contributed by atoms with van der Waals surface area (Å²) in [6.07, 6.45) is 0. The lowest BCUT2D eigenvalue weighted by Gasteiger charge is -2.03. The number of aromatic nitrogens is 2. The Kier molecular flexibility index (Phi) is 4.59. The first kappa shape index (κ1) is 17.5. The van der Waals surface area contributed by atoms with E-state index < -0.39 is 11.6 Å². The zero-order valence-electron chi connectivity index (χ0n) is 14.7. The fourth-order valence-electron chi connectivity index (χ4n) is 2.66. The molecule has 2 aromatic heterocycles. The zero-order chi connectivity index (χ0) is 19.5. The predicted molar refractivity (Wildman–Crippen MR) is 97.9 cm³/mol. The van der Waals surface area contributed by atoms with Gasteiger partial charge in [-0.25, -0.2) is 9.59 Å². The van der Waals surface area contributed by atoms with Gasteiger partial charge in [0.2, 0.25) is 5.82 Å². The van der Waals surface area contributed by atoms with E-state index in [0.717, 1.165) is 0 Å². The number of rotatable bonds is 5. The summed E-state index contributed by atoms with van der Waals surface area (Å²) in [4.78, 5) is 28.5. The summed E-state index contributed by atoms with van der Waals surface area (Å²) in [5.74, 6) is 0.130. The van der Waals surface area contributed by atoms with Gasteiger partial charge in [-0.3, -0.25) is 0 Å². The monoisotopic (exact) mass is 378 g/mol. The minimum absolute atomic E-state index is 0.0828. The van der Waals surface area contributed by atoms with Gasteiger partial charge in [0.05, 0.1) is 12.7 Å². The number of esters is 1. The molecule has 28 heavy (non-hydrogen) atoms. The van der Waals surface area contributed by atoms with Crippen LogP contribution in [0.5, 0.6) is 5.75 Å². The van der Waals surface area contributed by atoms with Gasteiger partial charge in [0.1, 0.15) is 16.9 Å². The van der Waals surface area contributed by atoms with E-state index in [4.69, 9.17) is 18.4 Å². The Bertz CT molecular complexity index is 1210. The van der Waals surface area contributed by atoms with Gasteiger partial charge in [-0.1, -0.05) is 35.5 Å². The lowest BCUT2D eigenvalue weighted by molar-refractivity contribution is 0.0425. The van der Waals surface area contributed by atoms with Crippen molar-refractivity contribution in [3.8, 4) is 17.1 Å². The van der Waals surface area contributed by atoms with Crippen LogP contribution in [0.1, 0.15) is 16.2 Å². The van der Waals surface area contributed by atoms with Crippen molar-refractivity contribution in [2.24, 2.45) is 0 Å². The molecule has 0 atom stereocenters. The van der Waals surface area contributed by atoms with Crippen LogP contribution in [0.3, 0.4) is 0 Å². The largest absolute Gasteiger partial charge is 0.496 e. The number of ether oxygens (including phenoxy) is 2. The molecule has 4 rings (SSSR count). The fourth-order valence-corrected chi connectivity index (χ4v) is 2.66. The Morgan fingerprint density at radius 1 is 1.11 bits per heavy atom. The molecule has 2 heterocycles. The van der Waals surface area contributed by atoms with E-state index in [1.54, 1.807) is 36.4 Å². The number of methoxy groups -OCH3 is 1. The van der Waals surface area contributed by atoms with Crippen molar-refractivity contribution in [1.82, 2.24) is 10.1 Å². The van der Waals surface area contributed by atoms with Crippen LogP contribution in [-0.2, 0) is 11.3 Å². The first-order valence-electron chi connectivity index (χ1n) is 8.31.